The van der Waals surface area contributed by atoms with Gasteiger partial charge in [0.2, 0.25) is 5.95 Å². The van der Waals surface area contributed by atoms with Gasteiger partial charge in [-0.15, -0.1) is 0 Å². The number of carbonyl (C=O) groups excluding carboxylic acids is 1. The summed E-state index contributed by atoms with van der Waals surface area (Å²) in [5.74, 6) is 2.81. The molecule has 11 nitrogen and oxygen atoms in total. The van der Waals surface area contributed by atoms with Gasteiger partial charge in [0.15, 0.2) is 5.82 Å². The Morgan fingerprint density at radius 3 is 2.56 bits per heavy atom. The summed E-state index contributed by atoms with van der Waals surface area (Å²) in [7, 11) is 0. The third-order valence-corrected chi connectivity index (χ3v) is 5.99. The van der Waals surface area contributed by atoms with E-state index in [4.69, 9.17) is 14.7 Å². The van der Waals surface area contributed by atoms with Crippen LogP contribution in [0.15, 0.2) is 12.1 Å². The topological polar surface area (TPSA) is 115 Å². The highest BCUT2D eigenvalue weighted by molar-refractivity contribution is 5.68. The van der Waals surface area contributed by atoms with E-state index in [1.165, 1.54) is 0 Å². The summed E-state index contributed by atoms with van der Waals surface area (Å²) < 4.78 is 5.52. The number of rotatable bonds is 6. The fourth-order valence-electron chi connectivity index (χ4n) is 4.18. The summed E-state index contributed by atoms with van der Waals surface area (Å²) in [4.78, 5) is 28.4. The van der Waals surface area contributed by atoms with E-state index in [1.54, 1.807) is 4.90 Å². The van der Waals surface area contributed by atoms with Crippen molar-refractivity contribution in [2.75, 3.05) is 61.3 Å². The summed E-state index contributed by atoms with van der Waals surface area (Å²) >= 11 is 0. The van der Waals surface area contributed by atoms with Crippen molar-refractivity contribution < 1.29 is 9.53 Å². The first-order chi connectivity index (χ1) is 16.2. The summed E-state index contributed by atoms with van der Waals surface area (Å²) in [6, 6.07) is 3.96. The first kappa shape index (κ1) is 24.1. The van der Waals surface area contributed by atoms with Crippen LogP contribution in [0, 0.1) is 6.92 Å². The number of ether oxygens (including phenoxy) is 1. The van der Waals surface area contributed by atoms with Crippen LogP contribution in [0.4, 0.5) is 28.2 Å². The molecule has 0 aliphatic carbocycles. The van der Waals surface area contributed by atoms with Crippen LogP contribution in [-0.2, 0) is 4.74 Å². The van der Waals surface area contributed by atoms with E-state index < -0.39 is 5.60 Å². The van der Waals surface area contributed by atoms with Crippen molar-refractivity contribution in [3.63, 3.8) is 0 Å². The molecular weight excluding hydrogens is 434 g/mol. The van der Waals surface area contributed by atoms with E-state index >= 15 is 0 Å². The molecular formula is C23H37N9O2. The number of likely N-dealkylation sites (N-methyl/N-ethyl adjacent to an activating group) is 1. The van der Waals surface area contributed by atoms with E-state index in [1.807, 2.05) is 39.8 Å². The molecule has 0 spiro atoms. The number of anilines is 4. The Kier molecular flexibility index (Phi) is 7.11. The van der Waals surface area contributed by atoms with Crippen LogP contribution in [0.3, 0.4) is 0 Å². The number of aromatic nitrogens is 4. The third kappa shape index (κ3) is 6.28. The lowest BCUT2D eigenvalue weighted by molar-refractivity contribution is 0.0293. The lowest BCUT2D eigenvalue weighted by Crippen LogP contribution is -2.46. The minimum atomic E-state index is -0.507. The minimum absolute atomic E-state index is 0.0557. The number of hydrogen-bond acceptors (Lipinski definition) is 9. The number of hydrogen-bond donors (Lipinski definition) is 3. The molecule has 0 aromatic carbocycles. The molecule has 1 amide bonds. The molecule has 2 saturated heterocycles. The maximum atomic E-state index is 12.4. The van der Waals surface area contributed by atoms with E-state index in [0.717, 1.165) is 50.7 Å². The molecule has 0 saturated carbocycles. The molecule has 11 heteroatoms. The first-order valence-corrected chi connectivity index (χ1v) is 12.1. The fraction of sp³-hybridized carbons (Fsp3) is 0.652. The average molecular weight is 472 g/mol. The van der Waals surface area contributed by atoms with Crippen LogP contribution in [0.25, 0.3) is 0 Å². The fourth-order valence-corrected chi connectivity index (χ4v) is 4.18. The molecule has 0 radical (unpaired) electrons. The van der Waals surface area contributed by atoms with Gasteiger partial charge in [-0.25, -0.2) is 4.79 Å². The number of piperazine rings is 1. The number of nitrogens with zero attached hydrogens (tertiary/aromatic N) is 6. The quantitative estimate of drug-likeness (QED) is 0.585. The van der Waals surface area contributed by atoms with Gasteiger partial charge < -0.3 is 30.1 Å². The predicted molar refractivity (Wildman–Crippen MR) is 133 cm³/mol. The second-order valence-electron chi connectivity index (χ2n) is 9.97. The molecule has 2 aliphatic heterocycles. The number of aryl methyl sites for hydroxylation is 1. The highest BCUT2D eigenvalue weighted by Crippen LogP contribution is 2.24. The van der Waals surface area contributed by atoms with Gasteiger partial charge in [0.1, 0.15) is 17.2 Å². The number of carbonyl (C=O) groups is 1. The van der Waals surface area contributed by atoms with Gasteiger partial charge in [0.25, 0.3) is 0 Å². The number of H-pyrrole nitrogens is 1. The third-order valence-electron chi connectivity index (χ3n) is 5.99. The van der Waals surface area contributed by atoms with Crippen LogP contribution in [-0.4, -0.2) is 93.5 Å². The van der Waals surface area contributed by atoms with Crippen molar-refractivity contribution in [3.8, 4) is 0 Å². The van der Waals surface area contributed by atoms with Crippen LogP contribution >= 0.6 is 0 Å². The van der Waals surface area contributed by atoms with Crippen LogP contribution in [0.2, 0.25) is 0 Å². The maximum absolute atomic E-state index is 12.4. The SMILES string of the molecule is CCN1CCN(c2cc(Nc3cc(C)[nH]n3)nc(N[C@H]3CCN(C(=O)OC(C)(C)C)C3)n2)CC1. The number of likely N-dealkylation sites (tertiary alicyclic amines) is 1. The number of amides is 1. The first-order valence-electron chi connectivity index (χ1n) is 12.1. The van der Waals surface area contributed by atoms with Gasteiger partial charge >= 0.3 is 6.09 Å². The van der Waals surface area contributed by atoms with Crippen LogP contribution < -0.4 is 15.5 Å². The lowest BCUT2D eigenvalue weighted by atomic mass is 10.2. The average Bonchev–Trinajstić information content (AvgIpc) is 3.41. The van der Waals surface area contributed by atoms with Crippen molar-refractivity contribution in [2.24, 2.45) is 0 Å². The molecule has 2 aliphatic rings. The molecule has 2 aromatic heterocycles. The van der Waals surface area contributed by atoms with Crippen molar-refractivity contribution >= 4 is 29.5 Å². The van der Waals surface area contributed by atoms with Crippen LogP contribution in [0.5, 0.6) is 0 Å². The van der Waals surface area contributed by atoms with Crippen molar-refractivity contribution in [2.45, 2.75) is 52.7 Å². The number of nitrogens with one attached hydrogen (secondary N) is 3. The zero-order chi connectivity index (χ0) is 24.3. The van der Waals surface area contributed by atoms with Crippen molar-refractivity contribution in [1.29, 1.82) is 0 Å². The molecule has 4 rings (SSSR count). The molecule has 0 unspecified atom stereocenters. The minimum Gasteiger partial charge on any atom is -0.444 e. The molecule has 2 fully saturated rings. The van der Waals surface area contributed by atoms with E-state index in [0.29, 0.717) is 30.7 Å². The van der Waals surface area contributed by atoms with Gasteiger partial charge in [-0.1, -0.05) is 6.92 Å². The standard InChI is InChI=1S/C23H37N9O2/c1-6-30-9-11-31(12-10-30)20-14-18(25-19-13-16(2)28-29-19)26-21(27-20)24-17-7-8-32(15-17)22(33)34-23(3,4)5/h13-14,17H,6-12,15H2,1-5H3,(H3,24,25,26,27,28,29)/t17-/m0/s1. The Hall–Kier alpha value is -3.08. The zero-order valence-corrected chi connectivity index (χ0v) is 20.9. The van der Waals surface area contributed by atoms with E-state index in [2.05, 4.69) is 37.6 Å². The molecule has 4 heterocycles. The van der Waals surface area contributed by atoms with Gasteiger partial charge in [-0.2, -0.15) is 15.1 Å². The van der Waals surface area contributed by atoms with Crippen molar-refractivity contribution in [1.82, 2.24) is 30.0 Å². The van der Waals surface area contributed by atoms with Gasteiger partial charge in [0, 0.05) is 63.1 Å². The number of aromatic amines is 1. The summed E-state index contributed by atoms with van der Waals surface area (Å²) in [5.41, 5.74) is 0.464. The van der Waals surface area contributed by atoms with Gasteiger partial charge in [-0.05, 0) is 40.7 Å². The van der Waals surface area contributed by atoms with Gasteiger partial charge in [0.05, 0.1) is 0 Å². The second-order valence-corrected chi connectivity index (χ2v) is 9.97. The summed E-state index contributed by atoms with van der Waals surface area (Å²) in [6.07, 6.45) is 0.528. The van der Waals surface area contributed by atoms with E-state index in [9.17, 15) is 4.79 Å². The Morgan fingerprint density at radius 1 is 1.15 bits per heavy atom. The molecule has 3 N–H and O–H groups in total. The Labute approximate surface area is 201 Å². The largest absolute Gasteiger partial charge is 0.444 e. The van der Waals surface area contributed by atoms with Crippen LogP contribution in [0.1, 0.15) is 39.8 Å². The monoisotopic (exact) mass is 471 g/mol. The maximum Gasteiger partial charge on any atom is 0.410 e. The zero-order valence-electron chi connectivity index (χ0n) is 20.9. The van der Waals surface area contributed by atoms with Crippen molar-refractivity contribution in [3.05, 3.63) is 17.8 Å². The van der Waals surface area contributed by atoms with Gasteiger partial charge in [-0.3, -0.25) is 5.10 Å². The predicted octanol–water partition coefficient (Wildman–Crippen LogP) is 2.81. The Balaban J connectivity index is 1.48. The lowest BCUT2D eigenvalue weighted by Gasteiger charge is -2.35. The molecule has 186 valence electrons. The Morgan fingerprint density at radius 2 is 1.91 bits per heavy atom. The van der Waals surface area contributed by atoms with E-state index in [-0.39, 0.29) is 12.1 Å². The smallest absolute Gasteiger partial charge is 0.410 e. The molecule has 1 atom stereocenters. The Bertz CT molecular complexity index is 979. The highest BCUT2D eigenvalue weighted by Gasteiger charge is 2.30. The normalized spacial score (nSPS) is 19.4. The molecule has 34 heavy (non-hydrogen) atoms. The highest BCUT2D eigenvalue weighted by atomic mass is 16.6. The molecule has 2 aromatic rings. The second kappa shape index (κ2) is 10.0. The summed E-state index contributed by atoms with van der Waals surface area (Å²) in [6.45, 7) is 15.9. The summed E-state index contributed by atoms with van der Waals surface area (Å²) in [5, 5.41) is 13.9. The molecule has 0 bridgehead atoms.